The number of nitrogens with zero attached hydrogens (tertiary/aromatic N) is 2. The van der Waals surface area contributed by atoms with Crippen molar-refractivity contribution in [1.82, 2.24) is 4.90 Å². The highest BCUT2D eigenvalue weighted by atomic mass is 15.2. The van der Waals surface area contributed by atoms with Crippen LogP contribution in [0.5, 0.6) is 0 Å². The van der Waals surface area contributed by atoms with Crippen molar-refractivity contribution in [2.45, 2.75) is 39.2 Å². The van der Waals surface area contributed by atoms with Gasteiger partial charge >= 0.3 is 0 Å². The van der Waals surface area contributed by atoms with Crippen molar-refractivity contribution in [3.05, 3.63) is 29.3 Å². The molecule has 1 aliphatic heterocycles. The second-order valence-electron chi connectivity index (χ2n) is 6.79. The summed E-state index contributed by atoms with van der Waals surface area (Å²) < 4.78 is 0. The first kappa shape index (κ1) is 16.3. The maximum atomic E-state index is 6.06. The second kappa shape index (κ2) is 7.28. The molecule has 3 heteroatoms. The number of hydrogen-bond acceptors (Lipinski definition) is 3. The second-order valence-corrected chi connectivity index (χ2v) is 6.79. The molecule has 0 aliphatic carbocycles. The summed E-state index contributed by atoms with van der Waals surface area (Å²) in [4.78, 5) is 4.85. The van der Waals surface area contributed by atoms with Gasteiger partial charge in [0.15, 0.2) is 0 Å². The molecule has 2 rings (SSSR count). The van der Waals surface area contributed by atoms with Crippen LogP contribution in [0.25, 0.3) is 0 Å². The van der Waals surface area contributed by atoms with Crippen LogP contribution in [-0.2, 0) is 6.42 Å². The number of benzene rings is 1. The highest BCUT2D eigenvalue weighted by molar-refractivity contribution is 5.54. The minimum absolute atomic E-state index is 0.280. The Balaban J connectivity index is 1.99. The van der Waals surface area contributed by atoms with E-state index in [1.165, 1.54) is 36.3 Å². The fourth-order valence-electron chi connectivity index (χ4n) is 3.38. The molecule has 1 fully saturated rings. The van der Waals surface area contributed by atoms with E-state index in [-0.39, 0.29) is 6.04 Å². The van der Waals surface area contributed by atoms with Crippen molar-refractivity contribution in [2.24, 2.45) is 11.7 Å². The Morgan fingerprint density at radius 2 is 2.19 bits per heavy atom. The lowest BCUT2D eigenvalue weighted by molar-refractivity contribution is 0.396. The quantitative estimate of drug-likeness (QED) is 0.874. The van der Waals surface area contributed by atoms with Crippen molar-refractivity contribution in [2.75, 3.05) is 38.6 Å². The van der Waals surface area contributed by atoms with Crippen LogP contribution in [0.2, 0.25) is 0 Å². The Bertz CT molecular complexity index is 458. The van der Waals surface area contributed by atoms with Gasteiger partial charge in [0, 0.05) is 31.9 Å². The molecule has 0 aromatic heterocycles. The molecule has 0 amide bonds. The first-order chi connectivity index (χ1) is 9.99. The number of anilines is 1. The molecule has 21 heavy (non-hydrogen) atoms. The van der Waals surface area contributed by atoms with Gasteiger partial charge in [0.05, 0.1) is 0 Å². The molecular formula is C18H31N3. The van der Waals surface area contributed by atoms with Gasteiger partial charge in [-0.15, -0.1) is 0 Å². The molecule has 3 nitrogen and oxygen atoms in total. The molecule has 1 aliphatic rings. The van der Waals surface area contributed by atoms with E-state index >= 15 is 0 Å². The van der Waals surface area contributed by atoms with Crippen LogP contribution in [-0.4, -0.2) is 44.7 Å². The molecule has 1 heterocycles. The summed E-state index contributed by atoms with van der Waals surface area (Å²) in [5.74, 6) is 0.799. The van der Waals surface area contributed by atoms with E-state index in [1.54, 1.807) is 0 Å². The molecule has 0 bridgehead atoms. The van der Waals surface area contributed by atoms with Crippen LogP contribution >= 0.6 is 0 Å². The van der Waals surface area contributed by atoms with Gasteiger partial charge in [-0.05, 0) is 62.9 Å². The minimum atomic E-state index is 0.280. The van der Waals surface area contributed by atoms with Crippen molar-refractivity contribution in [1.29, 1.82) is 0 Å². The van der Waals surface area contributed by atoms with Crippen LogP contribution in [0, 0.1) is 12.8 Å². The molecule has 0 spiro atoms. The smallest absolute Gasteiger partial charge is 0.0393 e. The van der Waals surface area contributed by atoms with Crippen LogP contribution in [0.1, 0.15) is 30.9 Å². The molecule has 2 atom stereocenters. The Labute approximate surface area is 130 Å². The number of nitrogens with two attached hydrogens (primary N) is 1. The van der Waals surface area contributed by atoms with Gasteiger partial charge < -0.3 is 15.5 Å². The topological polar surface area (TPSA) is 32.5 Å². The van der Waals surface area contributed by atoms with Gasteiger partial charge in [-0.25, -0.2) is 0 Å². The zero-order chi connectivity index (χ0) is 15.4. The molecule has 118 valence electrons. The number of likely N-dealkylation sites (tertiary alicyclic amines) is 1. The Kier molecular flexibility index (Phi) is 5.65. The third-order valence-electron chi connectivity index (χ3n) is 4.72. The predicted octanol–water partition coefficient (Wildman–Crippen LogP) is 2.66. The largest absolute Gasteiger partial charge is 0.374 e. The lowest BCUT2D eigenvalue weighted by Gasteiger charge is -2.25. The van der Waals surface area contributed by atoms with Gasteiger partial charge in [0.2, 0.25) is 0 Å². The van der Waals surface area contributed by atoms with Crippen LogP contribution < -0.4 is 10.6 Å². The average Bonchev–Trinajstić information content (AvgIpc) is 2.83. The van der Waals surface area contributed by atoms with Gasteiger partial charge in [0.25, 0.3) is 0 Å². The number of aryl methyl sites for hydroxylation is 1. The van der Waals surface area contributed by atoms with Gasteiger partial charge in [0.1, 0.15) is 0 Å². The molecule has 1 saturated heterocycles. The van der Waals surface area contributed by atoms with Gasteiger partial charge in [-0.3, -0.25) is 0 Å². The normalized spacial score (nSPS) is 20.7. The Morgan fingerprint density at radius 1 is 1.43 bits per heavy atom. The summed E-state index contributed by atoms with van der Waals surface area (Å²) in [5.41, 5.74) is 10.1. The summed E-state index contributed by atoms with van der Waals surface area (Å²) >= 11 is 0. The number of hydrogen-bond donors (Lipinski definition) is 1. The van der Waals surface area contributed by atoms with Crippen LogP contribution in [0.15, 0.2) is 18.2 Å². The Morgan fingerprint density at radius 3 is 2.76 bits per heavy atom. The fraction of sp³-hybridized carbons (Fsp3) is 0.667. The summed E-state index contributed by atoms with van der Waals surface area (Å²) in [6.45, 7) is 7.99. The standard InChI is InChI=1S/C18H31N3/c1-5-17(19)11-15-6-7-18(14(2)10-15)21(4)13-16-8-9-20(3)12-16/h6-7,10,16-17H,5,8-9,11-13,19H2,1-4H3. The first-order valence-corrected chi connectivity index (χ1v) is 8.24. The zero-order valence-corrected chi connectivity index (χ0v) is 14.1. The van der Waals surface area contributed by atoms with Crippen LogP contribution in [0.3, 0.4) is 0 Å². The lowest BCUT2D eigenvalue weighted by Crippen LogP contribution is -2.27. The highest BCUT2D eigenvalue weighted by Gasteiger charge is 2.21. The molecule has 1 aromatic rings. The molecule has 2 N–H and O–H groups in total. The molecule has 0 saturated carbocycles. The average molecular weight is 289 g/mol. The summed E-state index contributed by atoms with van der Waals surface area (Å²) in [6.07, 6.45) is 3.34. The predicted molar refractivity (Wildman–Crippen MR) is 92.0 cm³/mol. The minimum Gasteiger partial charge on any atom is -0.374 e. The first-order valence-electron chi connectivity index (χ1n) is 8.24. The maximum absolute atomic E-state index is 6.06. The maximum Gasteiger partial charge on any atom is 0.0393 e. The van der Waals surface area contributed by atoms with Crippen molar-refractivity contribution in [3.8, 4) is 0 Å². The van der Waals surface area contributed by atoms with E-state index in [4.69, 9.17) is 5.73 Å². The molecule has 0 radical (unpaired) electrons. The van der Waals surface area contributed by atoms with Crippen molar-refractivity contribution >= 4 is 5.69 Å². The third-order valence-corrected chi connectivity index (χ3v) is 4.72. The fourth-order valence-corrected chi connectivity index (χ4v) is 3.38. The zero-order valence-electron chi connectivity index (χ0n) is 14.1. The Hall–Kier alpha value is -1.06. The SMILES string of the molecule is CCC(N)Cc1ccc(N(C)CC2CCN(C)C2)c(C)c1. The molecular weight excluding hydrogens is 258 g/mol. The van der Waals surface area contributed by atoms with E-state index in [9.17, 15) is 0 Å². The van der Waals surface area contributed by atoms with Gasteiger partial charge in [-0.2, -0.15) is 0 Å². The molecule has 2 unspecified atom stereocenters. The summed E-state index contributed by atoms with van der Waals surface area (Å²) in [7, 11) is 4.44. The van der Waals surface area contributed by atoms with Gasteiger partial charge in [-0.1, -0.05) is 19.1 Å². The van der Waals surface area contributed by atoms with Crippen molar-refractivity contribution in [3.63, 3.8) is 0 Å². The van der Waals surface area contributed by atoms with E-state index in [1.807, 2.05) is 0 Å². The monoisotopic (exact) mass is 289 g/mol. The summed E-state index contributed by atoms with van der Waals surface area (Å²) in [5, 5.41) is 0. The highest BCUT2D eigenvalue weighted by Crippen LogP contribution is 2.24. The van der Waals surface area contributed by atoms with Crippen molar-refractivity contribution < 1.29 is 0 Å². The molecule has 1 aromatic carbocycles. The summed E-state index contributed by atoms with van der Waals surface area (Å²) in [6, 6.07) is 7.10. The van der Waals surface area contributed by atoms with Crippen LogP contribution in [0.4, 0.5) is 5.69 Å². The lowest BCUT2D eigenvalue weighted by atomic mass is 10.0. The number of rotatable bonds is 6. The van der Waals surface area contributed by atoms with E-state index in [0.29, 0.717) is 0 Å². The van der Waals surface area contributed by atoms with E-state index in [2.05, 4.69) is 55.9 Å². The van der Waals surface area contributed by atoms with E-state index in [0.717, 1.165) is 25.3 Å². The third kappa shape index (κ3) is 4.45. The van der Waals surface area contributed by atoms with E-state index < -0.39 is 0 Å².